The van der Waals surface area contributed by atoms with Gasteiger partial charge in [0.15, 0.2) is 0 Å². The topological polar surface area (TPSA) is 34.9 Å². The number of rotatable bonds is 2. The number of hydrogen-bond acceptors (Lipinski definition) is 2. The van der Waals surface area contributed by atoms with Gasteiger partial charge in [-0.1, -0.05) is 11.6 Å². The smallest absolute Gasteiger partial charge is 0.348 e. The van der Waals surface area contributed by atoms with Gasteiger partial charge in [-0.05, 0) is 18.2 Å². The van der Waals surface area contributed by atoms with Crippen molar-refractivity contribution in [2.45, 2.75) is 6.18 Å². The van der Waals surface area contributed by atoms with Crippen LogP contribution in [0.15, 0.2) is 30.6 Å². The van der Waals surface area contributed by atoms with E-state index in [4.69, 9.17) is 11.6 Å². The fourth-order valence-electron chi connectivity index (χ4n) is 1.58. The van der Waals surface area contributed by atoms with Gasteiger partial charge in [-0.15, -0.1) is 0 Å². The maximum Gasteiger partial charge on any atom is 0.417 e. The summed E-state index contributed by atoms with van der Waals surface area (Å²) in [6.07, 6.45) is -2.30. The van der Waals surface area contributed by atoms with E-state index in [1.54, 1.807) is 19.3 Å². The Morgan fingerprint density at radius 3 is 2.58 bits per heavy atom. The Hall–Kier alpha value is -1.82. The van der Waals surface area contributed by atoms with Crippen LogP contribution in [0.5, 0.6) is 0 Å². The summed E-state index contributed by atoms with van der Waals surface area (Å²) in [5, 5.41) is -0.318. The van der Waals surface area contributed by atoms with Crippen LogP contribution in [0.4, 0.5) is 13.2 Å². The van der Waals surface area contributed by atoms with E-state index in [1.807, 2.05) is 0 Å². The van der Waals surface area contributed by atoms with Crippen LogP contribution in [-0.2, 0) is 13.2 Å². The average Bonchev–Trinajstić information content (AvgIpc) is 2.73. The molecule has 0 saturated heterocycles. The normalized spacial score (nSPS) is 11.6. The lowest BCUT2D eigenvalue weighted by atomic mass is 10.1. The highest BCUT2D eigenvalue weighted by Crippen LogP contribution is 2.31. The Kier molecular flexibility index (Phi) is 3.36. The summed E-state index contributed by atoms with van der Waals surface area (Å²) in [5.41, 5.74) is -0.883. The number of aromatic nitrogens is 2. The van der Waals surface area contributed by atoms with E-state index >= 15 is 0 Å². The van der Waals surface area contributed by atoms with Gasteiger partial charge in [0.25, 0.3) is 0 Å². The Morgan fingerprint density at radius 1 is 1.42 bits per heavy atom. The second-order valence-corrected chi connectivity index (χ2v) is 4.29. The summed E-state index contributed by atoms with van der Waals surface area (Å²) in [7, 11) is 1.64. The Balaban J connectivity index is 2.43. The monoisotopic (exact) mass is 288 g/mol. The predicted molar refractivity (Wildman–Crippen MR) is 63.1 cm³/mol. The zero-order chi connectivity index (χ0) is 14.2. The molecule has 3 nitrogen and oxygen atoms in total. The van der Waals surface area contributed by atoms with E-state index in [-0.39, 0.29) is 10.7 Å². The Labute approximate surface area is 111 Å². The molecule has 0 bridgehead atoms. The first-order valence-corrected chi connectivity index (χ1v) is 5.57. The fraction of sp³-hybridized carbons (Fsp3) is 0.167. The van der Waals surface area contributed by atoms with Crippen LogP contribution < -0.4 is 0 Å². The quantitative estimate of drug-likeness (QED) is 0.795. The van der Waals surface area contributed by atoms with Gasteiger partial charge in [0.2, 0.25) is 5.78 Å². The molecule has 0 aliphatic carbocycles. The van der Waals surface area contributed by atoms with Gasteiger partial charge in [-0.3, -0.25) is 9.78 Å². The predicted octanol–water partition coefficient (Wildman–Crippen LogP) is 3.32. The van der Waals surface area contributed by atoms with Crippen molar-refractivity contribution in [2.24, 2.45) is 7.05 Å². The zero-order valence-corrected chi connectivity index (χ0v) is 10.5. The third-order valence-corrected chi connectivity index (χ3v) is 2.85. The molecule has 0 aromatic carbocycles. The Morgan fingerprint density at radius 2 is 2.11 bits per heavy atom. The number of halogens is 4. The first-order valence-electron chi connectivity index (χ1n) is 5.19. The molecule has 2 aromatic heterocycles. The van der Waals surface area contributed by atoms with Crippen molar-refractivity contribution in [3.8, 4) is 0 Å². The number of carbonyl (C=O) groups is 1. The molecule has 0 spiro atoms. The van der Waals surface area contributed by atoms with Gasteiger partial charge in [0.1, 0.15) is 5.69 Å². The van der Waals surface area contributed by atoms with Gasteiger partial charge >= 0.3 is 6.18 Å². The highest BCUT2D eigenvalue weighted by Gasteiger charge is 2.32. The lowest BCUT2D eigenvalue weighted by molar-refractivity contribution is -0.137. The van der Waals surface area contributed by atoms with Crippen molar-refractivity contribution in [1.29, 1.82) is 0 Å². The first kappa shape index (κ1) is 13.6. The molecule has 0 fully saturated rings. The van der Waals surface area contributed by atoms with E-state index in [1.165, 1.54) is 10.6 Å². The molecule has 2 rings (SSSR count). The van der Waals surface area contributed by atoms with Crippen molar-refractivity contribution in [1.82, 2.24) is 9.55 Å². The van der Waals surface area contributed by atoms with Crippen molar-refractivity contribution in [3.05, 3.63) is 52.6 Å². The van der Waals surface area contributed by atoms with Crippen LogP contribution in [0, 0.1) is 0 Å². The van der Waals surface area contributed by atoms with Gasteiger partial charge in [-0.2, -0.15) is 13.2 Å². The van der Waals surface area contributed by atoms with Crippen LogP contribution in [0.1, 0.15) is 21.7 Å². The molecule has 0 aliphatic heterocycles. The number of aryl methyl sites for hydroxylation is 1. The second kappa shape index (κ2) is 4.70. The molecule has 0 saturated carbocycles. The van der Waals surface area contributed by atoms with Crippen LogP contribution in [0.3, 0.4) is 0 Å². The van der Waals surface area contributed by atoms with Crippen molar-refractivity contribution in [3.63, 3.8) is 0 Å². The summed E-state index contributed by atoms with van der Waals surface area (Å²) in [6.45, 7) is 0. The number of nitrogens with zero attached hydrogens (tertiary/aromatic N) is 2. The fourth-order valence-corrected chi connectivity index (χ4v) is 1.83. The van der Waals surface area contributed by atoms with Gasteiger partial charge in [0.05, 0.1) is 16.3 Å². The average molecular weight is 289 g/mol. The number of ketones is 1. The van der Waals surface area contributed by atoms with E-state index in [9.17, 15) is 18.0 Å². The van der Waals surface area contributed by atoms with Gasteiger partial charge in [0, 0.05) is 19.4 Å². The molecule has 0 aliphatic rings. The molecule has 0 radical (unpaired) electrons. The highest BCUT2D eigenvalue weighted by molar-refractivity contribution is 6.34. The standard InChI is InChI=1S/C12H8ClF3N2O/c1-18-4-2-3-9(18)11(19)10-8(13)5-7(6-17-10)12(14,15)16/h2-6H,1H3. The van der Waals surface area contributed by atoms with Crippen LogP contribution in [-0.4, -0.2) is 15.3 Å². The minimum absolute atomic E-state index is 0.198. The van der Waals surface area contributed by atoms with Crippen molar-refractivity contribution < 1.29 is 18.0 Å². The van der Waals surface area contributed by atoms with Crippen LogP contribution in [0.25, 0.3) is 0 Å². The Bertz CT molecular complexity index is 634. The number of pyridine rings is 1. The zero-order valence-electron chi connectivity index (χ0n) is 9.70. The molecule has 100 valence electrons. The molecule has 7 heteroatoms. The first-order chi connectivity index (χ1) is 8.80. The molecule has 0 amide bonds. The van der Waals surface area contributed by atoms with E-state index in [0.717, 1.165) is 0 Å². The van der Waals surface area contributed by atoms with Gasteiger partial charge < -0.3 is 4.57 Å². The largest absolute Gasteiger partial charge is 0.417 e. The van der Waals surface area contributed by atoms with Crippen LogP contribution >= 0.6 is 11.6 Å². The van der Waals surface area contributed by atoms with E-state index in [2.05, 4.69) is 4.98 Å². The minimum atomic E-state index is -4.54. The summed E-state index contributed by atoms with van der Waals surface area (Å²) in [4.78, 5) is 15.6. The molecule has 2 heterocycles. The maximum atomic E-state index is 12.5. The minimum Gasteiger partial charge on any atom is -0.348 e. The summed E-state index contributed by atoms with van der Waals surface area (Å²) in [5.74, 6) is -0.522. The van der Waals surface area contributed by atoms with Crippen molar-refractivity contribution in [2.75, 3.05) is 0 Å². The number of hydrogen-bond donors (Lipinski definition) is 0. The SMILES string of the molecule is Cn1cccc1C(=O)c1ncc(C(F)(F)F)cc1Cl. The lowest BCUT2D eigenvalue weighted by Gasteiger charge is -2.08. The van der Waals surface area contributed by atoms with Gasteiger partial charge in [-0.25, -0.2) is 0 Å². The summed E-state index contributed by atoms with van der Waals surface area (Å²) >= 11 is 5.71. The van der Waals surface area contributed by atoms with Crippen molar-refractivity contribution >= 4 is 17.4 Å². The second-order valence-electron chi connectivity index (χ2n) is 3.89. The molecule has 19 heavy (non-hydrogen) atoms. The van der Waals surface area contributed by atoms with E-state index < -0.39 is 17.5 Å². The highest BCUT2D eigenvalue weighted by atomic mass is 35.5. The van der Waals surface area contributed by atoms with Crippen LogP contribution in [0.2, 0.25) is 5.02 Å². The number of carbonyl (C=O) groups excluding carboxylic acids is 1. The molecule has 0 atom stereocenters. The third-order valence-electron chi connectivity index (χ3n) is 2.56. The summed E-state index contributed by atoms with van der Waals surface area (Å²) < 4.78 is 38.9. The molecular formula is C12H8ClF3N2O. The molecular weight excluding hydrogens is 281 g/mol. The maximum absolute atomic E-state index is 12.5. The molecule has 2 aromatic rings. The lowest BCUT2D eigenvalue weighted by Crippen LogP contribution is -2.12. The molecule has 0 unspecified atom stereocenters. The third kappa shape index (κ3) is 2.63. The molecule has 0 N–H and O–H groups in total. The van der Waals surface area contributed by atoms with E-state index in [0.29, 0.717) is 18.0 Å². The number of alkyl halides is 3. The summed E-state index contributed by atoms with van der Waals surface area (Å²) in [6, 6.07) is 3.88.